The molecule has 2 heterocycles. The SMILES string of the molecule is CCC(C)C(C(CC(=O)N1CCCC1C(OC)C(C)C(=O)NCc1nccs1)OC)N(C)C(=O)CNC(=O)C(C)(C)NCc1ccc(NC(=O)CNC=O)cc1. The first-order valence-electron chi connectivity index (χ1n) is 19.0. The number of likely N-dealkylation sites (N-methyl/N-ethyl adjacent to an activating group) is 1. The van der Waals surface area contributed by atoms with Gasteiger partial charge in [0.05, 0.1) is 61.8 Å². The highest BCUT2D eigenvalue weighted by Gasteiger charge is 2.42. The Hall–Kier alpha value is -4.45. The summed E-state index contributed by atoms with van der Waals surface area (Å²) in [7, 11) is 4.76. The van der Waals surface area contributed by atoms with Crippen LogP contribution in [0, 0.1) is 11.8 Å². The molecule has 1 aliphatic rings. The van der Waals surface area contributed by atoms with Crippen LogP contribution in [0.3, 0.4) is 0 Å². The maximum absolute atomic E-state index is 14.0. The average molecular weight is 801 g/mol. The van der Waals surface area contributed by atoms with Gasteiger partial charge < -0.3 is 40.5 Å². The van der Waals surface area contributed by atoms with E-state index in [1.165, 1.54) is 18.4 Å². The Labute approximate surface area is 334 Å². The van der Waals surface area contributed by atoms with Crippen LogP contribution in [0.2, 0.25) is 0 Å². The van der Waals surface area contributed by atoms with Gasteiger partial charge in [0.25, 0.3) is 0 Å². The lowest BCUT2D eigenvalue weighted by atomic mass is 9.90. The molecular formula is C39H60N8O8S. The topological polar surface area (TPSA) is 200 Å². The number of benzene rings is 1. The van der Waals surface area contributed by atoms with Crippen LogP contribution in [-0.4, -0.2) is 121 Å². The molecule has 1 aromatic carbocycles. The normalized spacial score (nSPS) is 16.9. The summed E-state index contributed by atoms with van der Waals surface area (Å²) < 4.78 is 11.8. The largest absolute Gasteiger partial charge is 0.379 e. The standard InChI is InChI=1S/C39H60N8O8S/c1-9-25(2)35(30(54-7)19-33(50)47-17-10-11-29(47)36(55-8)26(3)37(52)42-22-32-41-16-18-56-32)46(6)34(51)23-43-38(53)39(4,5)44-20-27-12-14-28(15-13-27)45-31(49)21-40-24-48/h12-16,18,24-26,29-30,35-36,44H,9-11,17,19-23H2,1-8H3,(H,40,48)(H,42,52)(H,43,53)(H,45,49). The van der Waals surface area contributed by atoms with Crippen molar-refractivity contribution >= 4 is 53.0 Å². The summed E-state index contributed by atoms with van der Waals surface area (Å²) in [4.78, 5) is 83.8. The molecular weight excluding hydrogens is 741 g/mol. The number of methoxy groups -OCH3 is 2. The van der Waals surface area contributed by atoms with E-state index in [-0.39, 0.29) is 61.0 Å². The zero-order valence-corrected chi connectivity index (χ0v) is 34.7. The van der Waals surface area contributed by atoms with Crippen molar-refractivity contribution in [3.63, 3.8) is 0 Å². The molecule has 0 aliphatic carbocycles. The highest BCUT2D eigenvalue weighted by atomic mass is 32.1. The molecule has 310 valence electrons. The van der Waals surface area contributed by atoms with Gasteiger partial charge in [-0.1, -0.05) is 39.3 Å². The van der Waals surface area contributed by atoms with Gasteiger partial charge >= 0.3 is 0 Å². The van der Waals surface area contributed by atoms with Gasteiger partial charge in [-0.3, -0.25) is 34.1 Å². The molecule has 2 aromatic rings. The lowest BCUT2D eigenvalue weighted by molar-refractivity contribution is -0.145. The number of likely N-dealkylation sites (tertiary alicyclic amines) is 1. The quantitative estimate of drug-likeness (QED) is 0.104. The van der Waals surface area contributed by atoms with Gasteiger partial charge in [0, 0.05) is 51.6 Å². The Morgan fingerprint density at radius 2 is 1.77 bits per heavy atom. The minimum atomic E-state index is -1.03. The maximum Gasteiger partial charge on any atom is 0.243 e. The molecule has 56 heavy (non-hydrogen) atoms. The highest BCUT2D eigenvalue weighted by molar-refractivity contribution is 7.09. The number of ether oxygens (including phenoxy) is 2. The molecule has 16 nitrogen and oxygen atoms in total. The van der Waals surface area contributed by atoms with Crippen LogP contribution in [-0.2, 0) is 51.3 Å². The Bertz CT molecular complexity index is 1590. The summed E-state index contributed by atoms with van der Waals surface area (Å²) in [5, 5.41) is 16.6. The number of anilines is 1. The second kappa shape index (κ2) is 22.3. The second-order valence-electron chi connectivity index (χ2n) is 14.7. The van der Waals surface area contributed by atoms with E-state index in [1.807, 2.05) is 26.2 Å². The third-order valence-electron chi connectivity index (χ3n) is 10.5. The number of amides is 6. The average Bonchev–Trinajstić information content (AvgIpc) is 3.90. The van der Waals surface area contributed by atoms with Crippen LogP contribution in [0.4, 0.5) is 5.69 Å². The molecule has 17 heteroatoms. The molecule has 1 fully saturated rings. The first kappa shape index (κ1) is 45.9. The van der Waals surface area contributed by atoms with E-state index in [4.69, 9.17) is 9.47 Å². The fourth-order valence-electron chi connectivity index (χ4n) is 6.94. The molecule has 0 saturated carbocycles. The zero-order chi connectivity index (χ0) is 41.4. The van der Waals surface area contributed by atoms with E-state index in [0.29, 0.717) is 38.2 Å². The van der Waals surface area contributed by atoms with Crippen molar-refractivity contribution in [3.05, 3.63) is 46.4 Å². The van der Waals surface area contributed by atoms with Crippen molar-refractivity contribution in [1.82, 2.24) is 36.1 Å². The van der Waals surface area contributed by atoms with Crippen molar-refractivity contribution < 1.29 is 38.2 Å². The van der Waals surface area contributed by atoms with Crippen LogP contribution in [0.1, 0.15) is 70.9 Å². The number of hydrogen-bond acceptors (Lipinski definition) is 11. The van der Waals surface area contributed by atoms with E-state index < -0.39 is 29.7 Å². The van der Waals surface area contributed by atoms with Gasteiger partial charge in [0.15, 0.2) is 0 Å². The minimum Gasteiger partial charge on any atom is -0.379 e. The van der Waals surface area contributed by atoms with Gasteiger partial charge in [-0.2, -0.15) is 0 Å². The minimum absolute atomic E-state index is 0.0225. The zero-order valence-electron chi connectivity index (χ0n) is 33.9. The van der Waals surface area contributed by atoms with Crippen molar-refractivity contribution in [1.29, 1.82) is 0 Å². The summed E-state index contributed by atoms with van der Waals surface area (Å²) in [6, 6.07) is 6.29. The monoisotopic (exact) mass is 800 g/mol. The molecule has 6 amide bonds. The molecule has 0 bridgehead atoms. The number of carbonyl (C=O) groups excluding carboxylic acids is 6. The Kier molecular flexibility index (Phi) is 18.3. The molecule has 1 aliphatic heterocycles. The van der Waals surface area contributed by atoms with Crippen molar-refractivity contribution in [2.45, 2.75) is 103 Å². The number of aromatic nitrogens is 1. The summed E-state index contributed by atoms with van der Waals surface area (Å²) in [6.45, 7) is 10.1. The number of nitrogens with one attached hydrogen (secondary N) is 5. The Balaban J connectivity index is 1.59. The molecule has 1 saturated heterocycles. The first-order chi connectivity index (χ1) is 26.7. The van der Waals surface area contributed by atoms with Gasteiger partial charge in [-0.15, -0.1) is 11.3 Å². The van der Waals surface area contributed by atoms with E-state index in [9.17, 15) is 28.8 Å². The van der Waals surface area contributed by atoms with Crippen molar-refractivity contribution in [2.24, 2.45) is 11.8 Å². The summed E-state index contributed by atoms with van der Waals surface area (Å²) in [5.41, 5.74) is 0.398. The van der Waals surface area contributed by atoms with Gasteiger partial charge in [0.1, 0.15) is 5.01 Å². The van der Waals surface area contributed by atoms with Crippen molar-refractivity contribution in [3.8, 4) is 0 Å². The molecule has 6 unspecified atom stereocenters. The lowest BCUT2D eigenvalue weighted by Crippen LogP contribution is -2.56. The van der Waals surface area contributed by atoms with Crippen LogP contribution in [0.15, 0.2) is 35.8 Å². The van der Waals surface area contributed by atoms with Gasteiger partial charge in [0.2, 0.25) is 35.9 Å². The summed E-state index contributed by atoms with van der Waals surface area (Å²) >= 11 is 1.46. The molecule has 0 radical (unpaired) electrons. The molecule has 3 rings (SSSR count). The van der Waals surface area contributed by atoms with E-state index in [0.717, 1.165) is 23.4 Å². The predicted molar refractivity (Wildman–Crippen MR) is 213 cm³/mol. The second-order valence-corrected chi connectivity index (χ2v) is 15.7. The Morgan fingerprint density at radius 3 is 2.38 bits per heavy atom. The lowest BCUT2D eigenvalue weighted by Gasteiger charge is -2.39. The third-order valence-corrected chi connectivity index (χ3v) is 11.3. The highest BCUT2D eigenvalue weighted by Crippen LogP contribution is 2.29. The molecule has 6 atom stereocenters. The number of thiazole rings is 1. The van der Waals surface area contributed by atoms with Crippen LogP contribution in [0.5, 0.6) is 0 Å². The summed E-state index contributed by atoms with van der Waals surface area (Å²) in [6.07, 6.45) is 3.20. The third kappa shape index (κ3) is 13.1. The van der Waals surface area contributed by atoms with Gasteiger partial charge in [-0.05, 0) is 50.3 Å². The van der Waals surface area contributed by atoms with E-state index >= 15 is 0 Å². The fourth-order valence-corrected chi connectivity index (χ4v) is 7.50. The smallest absolute Gasteiger partial charge is 0.243 e. The number of rotatable bonds is 23. The predicted octanol–water partition coefficient (Wildman–Crippen LogP) is 2.05. The van der Waals surface area contributed by atoms with Crippen LogP contribution in [0.25, 0.3) is 0 Å². The number of nitrogens with zero attached hydrogens (tertiary/aromatic N) is 3. The van der Waals surface area contributed by atoms with Gasteiger partial charge in [-0.25, -0.2) is 4.98 Å². The fraction of sp³-hybridized carbons (Fsp3) is 0.615. The van der Waals surface area contributed by atoms with Crippen LogP contribution >= 0.6 is 11.3 Å². The van der Waals surface area contributed by atoms with E-state index in [1.54, 1.807) is 68.3 Å². The maximum atomic E-state index is 14.0. The molecule has 5 N–H and O–H groups in total. The molecule has 0 spiro atoms. The summed E-state index contributed by atoms with van der Waals surface area (Å²) in [5.74, 6) is -1.93. The van der Waals surface area contributed by atoms with Crippen LogP contribution < -0.4 is 26.6 Å². The Morgan fingerprint density at radius 1 is 1.05 bits per heavy atom. The van der Waals surface area contributed by atoms with E-state index in [2.05, 4.69) is 31.6 Å². The number of carbonyl (C=O) groups is 6. The molecule has 1 aromatic heterocycles. The van der Waals surface area contributed by atoms with Crippen molar-refractivity contribution in [2.75, 3.05) is 46.2 Å². The number of hydrogen-bond donors (Lipinski definition) is 5. The first-order valence-corrected chi connectivity index (χ1v) is 19.9.